The van der Waals surface area contributed by atoms with E-state index in [4.69, 9.17) is 4.74 Å². The van der Waals surface area contributed by atoms with Crippen molar-refractivity contribution < 1.29 is 14.3 Å². The second-order valence-electron chi connectivity index (χ2n) is 7.92. The molecule has 30 heavy (non-hydrogen) atoms. The summed E-state index contributed by atoms with van der Waals surface area (Å²) in [7, 11) is 0. The Labute approximate surface area is 177 Å². The highest BCUT2D eigenvalue weighted by Crippen LogP contribution is 2.24. The molecular formula is C24H29N3O3. The average Bonchev–Trinajstić information content (AvgIpc) is 2.79. The van der Waals surface area contributed by atoms with Crippen molar-refractivity contribution in [3.8, 4) is 5.75 Å². The lowest BCUT2D eigenvalue weighted by Gasteiger charge is -2.35. The third-order valence-corrected chi connectivity index (χ3v) is 5.79. The van der Waals surface area contributed by atoms with Crippen molar-refractivity contribution >= 4 is 17.5 Å². The van der Waals surface area contributed by atoms with Gasteiger partial charge in [-0.15, -0.1) is 0 Å². The van der Waals surface area contributed by atoms with E-state index in [9.17, 15) is 9.59 Å². The predicted molar refractivity (Wildman–Crippen MR) is 117 cm³/mol. The van der Waals surface area contributed by atoms with Crippen molar-refractivity contribution in [2.75, 3.05) is 44.6 Å². The number of ether oxygens (including phenoxy) is 1. The summed E-state index contributed by atoms with van der Waals surface area (Å²) < 4.78 is 5.74. The molecule has 0 spiro atoms. The molecule has 2 aromatic carbocycles. The first kappa shape index (κ1) is 20.4. The fraction of sp³-hybridized carbons (Fsp3) is 0.417. The van der Waals surface area contributed by atoms with E-state index in [0.29, 0.717) is 12.8 Å². The van der Waals surface area contributed by atoms with E-state index in [-0.39, 0.29) is 11.8 Å². The smallest absolute Gasteiger partial charge is 0.253 e. The van der Waals surface area contributed by atoms with Gasteiger partial charge in [0.2, 0.25) is 5.91 Å². The third-order valence-electron chi connectivity index (χ3n) is 5.79. The number of nitrogens with one attached hydrogen (secondary N) is 1. The molecule has 1 N–H and O–H groups in total. The van der Waals surface area contributed by atoms with E-state index in [1.54, 1.807) is 0 Å². The molecule has 0 saturated carbocycles. The number of para-hydroxylation sites is 1. The zero-order chi connectivity index (χ0) is 20.8. The van der Waals surface area contributed by atoms with Gasteiger partial charge in [-0.1, -0.05) is 18.2 Å². The van der Waals surface area contributed by atoms with Crippen LogP contribution >= 0.6 is 0 Å². The van der Waals surface area contributed by atoms with Gasteiger partial charge in [-0.25, -0.2) is 0 Å². The minimum absolute atomic E-state index is 0.0457. The van der Waals surface area contributed by atoms with Gasteiger partial charge < -0.3 is 15.0 Å². The molecule has 6 nitrogen and oxygen atoms in total. The number of hydrogen-bond acceptors (Lipinski definition) is 4. The van der Waals surface area contributed by atoms with Crippen LogP contribution in [0.25, 0.3) is 0 Å². The molecule has 4 rings (SSSR count). The van der Waals surface area contributed by atoms with Gasteiger partial charge in [-0.2, -0.15) is 0 Å². The summed E-state index contributed by atoms with van der Waals surface area (Å²) in [6.07, 6.45) is 3.31. The van der Waals surface area contributed by atoms with Crippen molar-refractivity contribution in [1.82, 2.24) is 9.80 Å². The number of nitrogens with zero attached hydrogens (tertiary/aromatic N) is 2. The maximum Gasteiger partial charge on any atom is 0.253 e. The minimum atomic E-state index is 0.0457. The molecule has 2 aliphatic rings. The first-order valence-corrected chi connectivity index (χ1v) is 10.8. The lowest BCUT2D eigenvalue weighted by molar-refractivity contribution is -0.116. The van der Waals surface area contributed by atoms with Gasteiger partial charge in [0, 0.05) is 43.9 Å². The summed E-state index contributed by atoms with van der Waals surface area (Å²) in [6, 6.07) is 15.5. The second kappa shape index (κ2) is 9.76. The number of amides is 2. The summed E-state index contributed by atoms with van der Waals surface area (Å²) in [4.78, 5) is 28.8. The number of piperazine rings is 1. The Kier molecular flexibility index (Phi) is 6.64. The van der Waals surface area contributed by atoms with Crippen LogP contribution in [0.5, 0.6) is 5.75 Å². The van der Waals surface area contributed by atoms with Crippen LogP contribution in [-0.2, 0) is 11.2 Å². The molecule has 2 aromatic rings. The van der Waals surface area contributed by atoms with Crippen LogP contribution in [-0.4, -0.2) is 60.9 Å². The second-order valence-corrected chi connectivity index (χ2v) is 7.92. The number of unbranched alkanes of at least 4 members (excludes halogenated alkanes) is 1. The Morgan fingerprint density at radius 2 is 1.77 bits per heavy atom. The van der Waals surface area contributed by atoms with Gasteiger partial charge in [-0.05, 0) is 61.7 Å². The molecular weight excluding hydrogens is 378 g/mol. The molecule has 1 saturated heterocycles. The minimum Gasteiger partial charge on any atom is -0.494 e. The SMILES string of the molecule is O=C1CCc2cc(C(=O)N3CCN(CCCCOc4ccccc4)CC3)ccc2N1. The molecule has 1 fully saturated rings. The number of hydrogen-bond donors (Lipinski definition) is 1. The molecule has 0 unspecified atom stereocenters. The van der Waals surface area contributed by atoms with Crippen molar-refractivity contribution in [2.45, 2.75) is 25.7 Å². The predicted octanol–water partition coefficient (Wildman–Crippen LogP) is 3.19. The van der Waals surface area contributed by atoms with Gasteiger partial charge in [-0.3, -0.25) is 14.5 Å². The lowest BCUT2D eigenvalue weighted by atomic mass is 10.00. The van der Waals surface area contributed by atoms with Crippen LogP contribution in [0.3, 0.4) is 0 Å². The van der Waals surface area contributed by atoms with E-state index in [2.05, 4.69) is 10.2 Å². The van der Waals surface area contributed by atoms with Crippen LogP contribution in [0.15, 0.2) is 48.5 Å². The van der Waals surface area contributed by atoms with Crippen molar-refractivity contribution in [1.29, 1.82) is 0 Å². The average molecular weight is 408 g/mol. The number of carbonyl (C=O) groups excluding carboxylic acids is 2. The molecule has 0 radical (unpaired) electrons. The highest BCUT2D eigenvalue weighted by Gasteiger charge is 2.23. The fourth-order valence-corrected chi connectivity index (χ4v) is 4.02. The largest absolute Gasteiger partial charge is 0.494 e. The molecule has 2 heterocycles. The first-order valence-electron chi connectivity index (χ1n) is 10.8. The zero-order valence-corrected chi connectivity index (χ0v) is 17.3. The Balaban J connectivity index is 1.18. The topological polar surface area (TPSA) is 61.9 Å². The highest BCUT2D eigenvalue weighted by molar-refractivity contribution is 5.98. The number of carbonyl (C=O) groups is 2. The van der Waals surface area contributed by atoms with Crippen molar-refractivity contribution in [3.63, 3.8) is 0 Å². The Morgan fingerprint density at radius 3 is 2.57 bits per heavy atom. The standard InChI is InChI=1S/C24H29N3O3/c28-23-11-9-19-18-20(8-10-22(19)25-23)24(29)27-15-13-26(14-16-27)12-4-5-17-30-21-6-2-1-3-7-21/h1-3,6-8,10,18H,4-5,9,11-17H2,(H,25,28). The van der Waals surface area contributed by atoms with Gasteiger partial charge in [0.15, 0.2) is 0 Å². The number of benzene rings is 2. The van der Waals surface area contributed by atoms with E-state index in [1.165, 1.54) is 0 Å². The third kappa shape index (κ3) is 5.19. The van der Waals surface area contributed by atoms with Crippen LogP contribution in [0, 0.1) is 0 Å². The number of anilines is 1. The Hall–Kier alpha value is -2.86. The summed E-state index contributed by atoms with van der Waals surface area (Å²) in [5, 5.41) is 2.87. The van der Waals surface area contributed by atoms with Crippen LogP contribution in [0.1, 0.15) is 35.2 Å². The number of fused-ring (bicyclic) bond motifs is 1. The zero-order valence-electron chi connectivity index (χ0n) is 17.3. The Bertz CT molecular complexity index is 877. The first-order chi connectivity index (χ1) is 14.7. The quantitative estimate of drug-likeness (QED) is 0.716. The van der Waals surface area contributed by atoms with Crippen molar-refractivity contribution in [3.05, 3.63) is 59.7 Å². The van der Waals surface area contributed by atoms with E-state index in [1.807, 2.05) is 53.4 Å². The summed E-state index contributed by atoms with van der Waals surface area (Å²) in [6.45, 7) is 5.11. The number of aryl methyl sites for hydroxylation is 1. The molecule has 2 amide bonds. The lowest BCUT2D eigenvalue weighted by Crippen LogP contribution is -2.48. The van der Waals surface area contributed by atoms with E-state index < -0.39 is 0 Å². The monoisotopic (exact) mass is 407 g/mol. The number of rotatable bonds is 7. The summed E-state index contributed by atoms with van der Waals surface area (Å²) in [5.41, 5.74) is 2.61. The molecule has 6 heteroatoms. The van der Waals surface area contributed by atoms with E-state index in [0.717, 1.165) is 74.7 Å². The molecule has 0 bridgehead atoms. The van der Waals surface area contributed by atoms with Gasteiger partial charge in [0.25, 0.3) is 5.91 Å². The molecule has 0 atom stereocenters. The fourth-order valence-electron chi connectivity index (χ4n) is 4.02. The van der Waals surface area contributed by atoms with Gasteiger partial charge >= 0.3 is 0 Å². The maximum absolute atomic E-state index is 12.9. The molecule has 2 aliphatic heterocycles. The molecule has 158 valence electrons. The van der Waals surface area contributed by atoms with Crippen LogP contribution < -0.4 is 10.1 Å². The van der Waals surface area contributed by atoms with Crippen LogP contribution in [0.2, 0.25) is 0 Å². The van der Waals surface area contributed by atoms with E-state index >= 15 is 0 Å². The molecule has 0 aliphatic carbocycles. The van der Waals surface area contributed by atoms with Gasteiger partial charge in [0.1, 0.15) is 5.75 Å². The maximum atomic E-state index is 12.9. The summed E-state index contributed by atoms with van der Waals surface area (Å²) in [5.74, 6) is 1.06. The van der Waals surface area contributed by atoms with Crippen molar-refractivity contribution in [2.24, 2.45) is 0 Å². The normalized spacial score (nSPS) is 16.7. The molecule has 0 aromatic heterocycles. The summed E-state index contributed by atoms with van der Waals surface area (Å²) >= 11 is 0. The highest BCUT2D eigenvalue weighted by atomic mass is 16.5. The van der Waals surface area contributed by atoms with Gasteiger partial charge in [0.05, 0.1) is 6.61 Å². The Morgan fingerprint density at radius 1 is 0.967 bits per heavy atom. The van der Waals surface area contributed by atoms with Crippen LogP contribution in [0.4, 0.5) is 5.69 Å².